The molecule has 78 valence electrons. The van der Waals surface area contributed by atoms with Crippen molar-refractivity contribution in [2.75, 3.05) is 12.4 Å². The van der Waals surface area contributed by atoms with E-state index in [0.29, 0.717) is 0 Å². The number of hydrogen-bond acceptors (Lipinski definition) is 2. The smallest absolute Gasteiger partial charge is 0.129 e. The molecule has 1 N–H and O–H groups in total. The Kier molecular flexibility index (Phi) is 2.91. The van der Waals surface area contributed by atoms with Crippen LogP contribution >= 0.6 is 15.9 Å². The Bertz CT molecular complexity index is 494. The molecule has 2 rings (SSSR count). The molecule has 2 nitrogen and oxygen atoms in total. The van der Waals surface area contributed by atoms with E-state index in [1.165, 1.54) is 10.9 Å². The zero-order valence-corrected chi connectivity index (χ0v) is 10.4. The number of para-hydroxylation sites is 1. The maximum atomic E-state index is 4.61. The Morgan fingerprint density at radius 3 is 2.87 bits per heavy atom. The summed E-state index contributed by atoms with van der Waals surface area (Å²) >= 11 is 3.52. The normalized spacial score (nSPS) is 10.6. The van der Waals surface area contributed by atoms with E-state index >= 15 is 0 Å². The third kappa shape index (κ3) is 1.84. The molecule has 0 aliphatic carbocycles. The Hall–Kier alpha value is -1.09. The molecule has 0 saturated heterocycles. The average Bonchev–Trinajstić information content (AvgIpc) is 2.28. The summed E-state index contributed by atoms with van der Waals surface area (Å²) < 4.78 is 1.04. The summed E-state index contributed by atoms with van der Waals surface area (Å²) in [7, 11) is 1.91. The van der Waals surface area contributed by atoms with Crippen molar-refractivity contribution in [3.05, 3.63) is 34.3 Å². The lowest BCUT2D eigenvalue weighted by Crippen LogP contribution is -1.98. The summed E-state index contributed by atoms with van der Waals surface area (Å²) in [4.78, 5) is 4.61. The minimum atomic E-state index is 0.969. The van der Waals surface area contributed by atoms with Gasteiger partial charge in [-0.05, 0) is 40.0 Å². The van der Waals surface area contributed by atoms with Gasteiger partial charge in [-0.25, -0.2) is 4.98 Å². The fourth-order valence-electron chi connectivity index (χ4n) is 1.69. The fourth-order valence-corrected chi connectivity index (χ4v) is 2.16. The number of halogens is 1. The van der Waals surface area contributed by atoms with Gasteiger partial charge in [0.15, 0.2) is 0 Å². The van der Waals surface area contributed by atoms with Crippen LogP contribution in [0.4, 0.5) is 5.82 Å². The van der Waals surface area contributed by atoms with Gasteiger partial charge in [-0.1, -0.05) is 19.1 Å². The summed E-state index contributed by atoms with van der Waals surface area (Å²) in [6.45, 7) is 2.14. The van der Waals surface area contributed by atoms with Gasteiger partial charge < -0.3 is 5.32 Å². The van der Waals surface area contributed by atoms with Crippen LogP contribution in [0.1, 0.15) is 12.5 Å². The lowest BCUT2D eigenvalue weighted by atomic mass is 10.1. The number of nitrogens with zero attached hydrogens (tertiary/aromatic N) is 1. The van der Waals surface area contributed by atoms with Crippen molar-refractivity contribution in [2.45, 2.75) is 13.3 Å². The van der Waals surface area contributed by atoms with Crippen molar-refractivity contribution in [1.29, 1.82) is 0 Å². The molecule has 0 aliphatic heterocycles. The third-order valence-electron chi connectivity index (χ3n) is 2.49. The summed E-state index contributed by atoms with van der Waals surface area (Å²) in [5, 5.41) is 4.31. The van der Waals surface area contributed by atoms with Crippen LogP contribution in [-0.2, 0) is 6.42 Å². The zero-order chi connectivity index (χ0) is 10.8. The molecule has 0 saturated carbocycles. The van der Waals surface area contributed by atoms with Crippen molar-refractivity contribution in [3.8, 4) is 0 Å². The molecule has 1 heterocycles. The fraction of sp³-hybridized carbons (Fsp3) is 0.250. The molecule has 0 amide bonds. The SMILES string of the molecule is CCc1cc2cccc(Br)c2nc1NC. The number of fused-ring (bicyclic) bond motifs is 1. The number of aromatic nitrogens is 1. The third-order valence-corrected chi connectivity index (χ3v) is 3.13. The number of nitrogens with one attached hydrogen (secondary N) is 1. The first-order valence-corrected chi connectivity index (χ1v) is 5.81. The van der Waals surface area contributed by atoms with E-state index < -0.39 is 0 Å². The number of hydrogen-bond donors (Lipinski definition) is 1. The predicted molar refractivity (Wildman–Crippen MR) is 68.4 cm³/mol. The molecule has 0 atom stereocenters. The lowest BCUT2D eigenvalue weighted by molar-refractivity contribution is 1.11. The minimum absolute atomic E-state index is 0.969. The first-order chi connectivity index (χ1) is 7.26. The highest BCUT2D eigenvalue weighted by atomic mass is 79.9. The Morgan fingerprint density at radius 2 is 2.20 bits per heavy atom. The molecule has 0 bridgehead atoms. The molecular formula is C12H13BrN2. The summed E-state index contributed by atoms with van der Waals surface area (Å²) in [5.74, 6) is 0.969. The number of benzene rings is 1. The first kappa shape index (κ1) is 10.4. The molecule has 0 fully saturated rings. The van der Waals surface area contributed by atoms with Gasteiger partial charge in [0.1, 0.15) is 5.82 Å². The van der Waals surface area contributed by atoms with Gasteiger partial charge in [0.05, 0.1) is 5.52 Å². The van der Waals surface area contributed by atoms with Gasteiger partial charge in [-0.3, -0.25) is 0 Å². The molecule has 2 aromatic rings. The van der Waals surface area contributed by atoms with Crippen LogP contribution < -0.4 is 5.32 Å². The minimum Gasteiger partial charge on any atom is -0.373 e. The van der Waals surface area contributed by atoms with Gasteiger partial charge >= 0.3 is 0 Å². The number of anilines is 1. The molecule has 0 aliphatic rings. The molecule has 0 unspecified atom stereocenters. The van der Waals surface area contributed by atoms with Crippen molar-refractivity contribution >= 4 is 32.7 Å². The molecule has 1 aromatic carbocycles. The number of pyridine rings is 1. The van der Waals surface area contributed by atoms with Crippen molar-refractivity contribution in [2.24, 2.45) is 0 Å². The number of rotatable bonds is 2. The van der Waals surface area contributed by atoms with Gasteiger partial charge in [-0.2, -0.15) is 0 Å². The van der Waals surface area contributed by atoms with E-state index in [0.717, 1.165) is 22.2 Å². The first-order valence-electron chi connectivity index (χ1n) is 5.02. The van der Waals surface area contributed by atoms with E-state index in [1.54, 1.807) is 0 Å². The predicted octanol–water partition coefficient (Wildman–Crippen LogP) is 3.60. The highest BCUT2D eigenvalue weighted by Crippen LogP contribution is 2.26. The maximum Gasteiger partial charge on any atom is 0.129 e. The van der Waals surface area contributed by atoms with Crippen LogP contribution in [0, 0.1) is 0 Å². The van der Waals surface area contributed by atoms with E-state index in [1.807, 2.05) is 19.2 Å². The topological polar surface area (TPSA) is 24.9 Å². The quantitative estimate of drug-likeness (QED) is 0.897. The maximum absolute atomic E-state index is 4.61. The van der Waals surface area contributed by atoms with Crippen molar-refractivity contribution in [1.82, 2.24) is 4.98 Å². The van der Waals surface area contributed by atoms with E-state index in [2.05, 4.69) is 45.3 Å². The second kappa shape index (κ2) is 4.19. The largest absolute Gasteiger partial charge is 0.373 e. The van der Waals surface area contributed by atoms with Crippen LogP contribution in [0.25, 0.3) is 10.9 Å². The zero-order valence-electron chi connectivity index (χ0n) is 8.84. The second-order valence-electron chi connectivity index (χ2n) is 3.41. The van der Waals surface area contributed by atoms with Crippen LogP contribution in [0.3, 0.4) is 0 Å². The lowest BCUT2D eigenvalue weighted by Gasteiger charge is -2.09. The molecular weight excluding hydrogens is 252 g/mol. The summed E-state index contributed by atoms with van der Waals surface area (Å²) in [6, 6.07) is 8.33. The summed E-state index contributed by atoms with van der Waals surface area (Å²) in [6.07, 6.45) is 0.992. The monoisotopic (exact) mass is 264 g/mol. The van der Waals surface area contributed by atoms with Crippen LogP contribution in [0.15, 0.2) is 28.7 Å². The van der Waals surface area contributed by atoms with Gasteiger partial charge in [0.25, 0.3) is 0 Å². The Balaban J connectivity index is 2.75. The molecule has 1 aromatic heterocycles. The van der Waals surface area contributed by atoms with Crippen molar-refractivity contribution < 1.29 is 0 Å². The molecule has 0 spiro atoms. The van der Waals surface area contributed by atoms with Gasteiger partial charge in [0.2, 0.25) is 0 Å². The second-order valence-corrected chi connectivity index (χ2v) is 4.27. The van der Waals surface area contributed by atoms with Crippen LogP contribution in [-0.4, -0.2) is 12.0 Å². The summed E-state index contributed by atoms with van der Waals surface area (Å²) in [5.41, 5.74) is 2.27. The highest BCUT2D eigenvalue weighted by molar-refractivity contribution is 9.10. The van der Waals surface area contributed by atoms with Gasteiger partial charge in [0, 0.05) is 16.9 Å². The average molecular weight is 265 g/mol. The van der Waals surface area contributed by atoms with Crippen LogP contribution in [0.2, 0.25) is 0 Å². The standard InChI is InChI=1S/C12H13BrN2/c1-3-8-7-9-5-4-6-10(13)11(9)15-12(8)14-2/h4-7H,3H2,1-2H3,(H,14,15). The van der Waals surface area contributed by atoms with E-state index in [4.69, 9.17) is 0 Å². The van der Waals surface area contributed by atoms with Crippen LogP contribution in [0.5, 0.6) is 0 Å². The van der Waals surface area contributed by atoms with Gasteiger partial charge in [-0.15, -0.1) is 0 Å². The molecule has 0 radical (unpaired) electrons. The van der Waals surface area contributed by atoms with E-state index in [9.17, 15) is 0 Å². The molecule has 15 heavy (non-hydrogen) atoms. The van der Waals surface area contributed by atoms with Crippen molar-refractivity contribution in [3.63, 3.8) is 0 Å². The number of aryl methyl sites for hydroxylation is 1. The Labute approximate surface area is 97.8 Å². The molecule has 3 heteroatoms. The highest BCUT2D eigenvalue weighted by Gasteiger charge is 2.05. The Morgan fingerprint density at radius 1 is 1.40 bits per heavy atom. The van der Waals surface area contributed by atoms with E-state index in [-0.39, 0.29) is 0 Å².